The summed E-state index contributed by atoms with van der Waals surface area (Å²) in [6.45, 7) is 2.66. The third kappa shape index (κ3) is 5.02. The predicted molar refractivity (Wildman–Crippen MR) is 97.0 cm³/mol. The first kappa shape index (κ1) is 19.3. The summed E-state index contributed by atoms with van der Waals surface area (Å²) < 4.78 is 18.3. The molecule has 2 fully saturated rings. The topological polar surface area (TPSA) is 61.8 Å². The van der Waals surface area contributed by atoms with Gasteiger partial charge in [-0.25, -0.2) is 4.39 Å². The Balaban J connectivity index is 1.42. The quantitative estimate of drug-likeness (QED) is 0.840. The number of hydrogen-bond acceptors (Lipinski definition) is 4. The highest BCUT2D eigenvalue weighted by molar-refractivity contribution is 5.79. The van der Waals surface area contributed by atoms with Gasteiger partial charge in [-0.1, -0.05) is 12.1 Å². The van der Waals surface area contributed by atoms with Crippen molar-refractivity contribution in [3.05, 3.63) is 35.6 Å². The molecule has 3 atom stereocenters. The molecule has 1 heterocycles. The van der Waals surface area contributed by atoms with E-state index in [1.807, 2.05) is 12.1 Å². The van der Waals surface area contributed by atoms with Crippen LogP contribution >= 0.6 is 0 Å². The third-order valence-electron chi connectivity index (χ3n) is 5.68. The Bertz CT molecular complexity index is 587. The number of benzene rings is 1. The van der Waals surface area contributed by atoms with E-state index < -0.39 is 6.10 Å². The van der Waals surface area contributed by atoms with Crippen molar-refractivity contribution >= 4 is 5.91 Å². The van der Waals surface area contributed by atoms with E-state index in [0.717, 1.165) is 44.5 Å². The van der Waals surface area contributed by atoms with Gasteiger partial charge in [-0.3, -0.25) is 9.69 Å². The van der Waals surface area contributed by atoms with E-state index in [4.69, 9.17) is 4.74 Å². The fraction of sp³-hybridized carbons (Fsp3) is 0.650. The maximum atomic E-state index is 13.0. The molecule has 1 saturated carbocycles. The number of rotatable bonds is 5. The van der Waals surface area contributed by atoms with Crippen LogP contribution in [0.4, 0.5) is 4.39 Å². The van der Waals surface area contributed by atoms with Crippen molar-refractivity contribution in [2.24, 2.45) is 5.92 Å². The number of carbonyl (C=O) groups is 1. The second kappa shape index (κ2) is 8.93. The third-order valence-corrected chi connectivity index (χ3v) is 5.68. The molecule has 1 aromatic rings. The van der Waals surface area contributed by atoms with Gasteiger partial charge in [0.1, 0.15) is 5.82 Å². The van der Waals surface area contributed by atoms with Gasteiger partial charge in [-0.05, 0) is 49.8 Å². The molecule has 1 aromatic carbocycles. The number of piperidine rings is 1. The summed E-state index contributed by atoms with van der Waals surface area (Å²) in [5.41, 5.74) is 1.11. The number of amides is 1. The molecular formula is C20H29FN2O3. The van der Waals surface area contributed by atoms with Crippen LogP contribution in [-0.4, -0.2) is 54.4 Å². The van der Waals surface area contributed by atoms with Crippen molar-refractivity contribution in [1.29, 1.82) is 0 Å². The Hall–Kier alpha value is -1.50. The van der Waals surface area contributed by atoms with Crippen molar-refractivity contribution < 1.29 is 19.0 Å². The molecule has 0 bridgehead atoms. The standard InChI is InChI=1S/C20H29FN2O3/c1-26-19-12-15(4-7-18(19)24)20(25)22-17-8-10-23(11-9-17)13-14-2-5-16(21)6-3-14/h2-3,5-6,15,17-19,24H,4,7-13H2,1H3,(H,22,25)/t15-,18+,19-/m1/s1. The number of likely N-dealkylation sites (tertiary alicyclic amines) is 1. The maximum absolute atomic E-state index is 13.0. The van der Waals surface area contributed by atoms with Crippen LogP contribution in [0.2, 0.25) is 0 Å². The minimum atomic E-state index is -0.459. The number of nitrogens with zero attached hydrogens (tertiary/aromatic N) is 1. The first-order valence-electron chi connectivity index (χ1n) is 9.53. The Morgan fingerprint density at radius 1 is 1.23 bits per heavy atom. The number of methoxy groups -OCH3 is 1. The summed E-state index contributed by atoms with van der Waals surface area (Å²) in [6, 6.07) is 6.85. The monoisotopic (exact) mass is 364 g/mol. The molecule has 3 rings (SSSR count). The second-order valence-corrected chi connectivity index (χ2v) is 7.54. The maximum Gasteiger partial charge on any atom is 0.223 e. The summed E-state index contributed by atoms with van der Waals surface area (Å²) in [5, 5.41) is 13.1. The number of hydrogen-bond donors (Lipinski definition) is 2. The number of aliphatic hydroxyl groups excluding tert-OH is 1. The summed E-state index contributed by atoms with van der Waals surface area (Å²) in [4.78, 5) is 14.9. The molecule has 5 nitrogen and oxygen atoms in total. The van der Waals surface area contributed by atoms with Crippen molar-refractivity contribution in [2.75, 3.05) is 20.2 Å². The van der Waals surface area contributed by atoms with Gasteiger partial charge in [0.05, 0.1) is 12.2 Å². The second-order valence-electron chi connectivity index (χ2n) is 7.54. The van der Waals surface area contributed by atoms with E-state index in [1.54, 1.807) is 7.11 Å². The molecule has 26 heavy (non-hydrogen) atoms. The highest BCUT2D eigenvalue weighted by atomic mass is 19.1. The lowest BCUT2D eigenvalue weighted by atomic mass is 9.84. The largest absolute Gasteiger partial charge is 0.390 e. The molecule has 0 aromatic heterocycles. The average Bonchev–Trinajstić information content (AvgIpc) is 2.65. The van der Waals surface area contributed by atoms with Crippen LogP contribution in [0.15, 0.2) is 24.3 Å². The minimum absolute atomic E-state index is 0.0689. The average molecular weight is 364 g/mol. The van der Waals surface area contributed by atoms with E-state index in [1.165, 1.54) is 12.1 Å². The van der Waals surface area contributed by atoms with Crippen LogP contribution < -0.4 is 5.32 Å². The van der Waals surface area contributed by atoms with Crippen LogP contribution in [-0.2, 0) is 16.1 Å². The Labute approximate surface area is 154 Å². The Kier molecular flexibility index (Phi) is 6.62. The molecule has 0 spiro atoms. The van der Waals surface area contributed by atoms with Gasteiger partial charge in [0.25, 0.3) is 0 Å². The number of carbonyl (C=O) groups excluding carboxylic acids is 1. The molecule has 1 amide bonds. The van der Waals surface area contributed by atoms with Crippen molar-refractivity contribution in [2.45, 2.75) is 56.9 Å². The summed E-state index contributed by atoms with van der Waals surface area (Å²) in [5.74, 6) is -0.183. The van der Waals surface area contributed by atoms with Gasteiger partial charge in [0.2, 0.25) is 5.91 Å². The molecule has 0 unspecified atom stereocenters. The van der Waals surface area contributed by atoms with Crippen LogP contribution in [0.25, 0.3) is 0 Å². The molecule has 144 valence electrons. The van der Waals surface area contributed by atoms with Crippen LogP contribution in [0.3, 0.4) is 0 Å². The lowest BCUT2D eigenvalue weighted by Crippen LogP contribution is -2.48. The zero-order valence-electron chi connectivity index (χ0n) is 15.4. The lowest BCUT2D eigenvalue weighted by Gasteiger charge is -2.35. The van der Waals surface area contributed by atoms with Crippen LogP contribution in [0.5, 0.6) is 0 Å². The predicted octanol–water partition coefficient (Wildman–Crippen LogP) is 2.08. The zero-order valence-corrected chi connectivity index (χ0v) is 15.4. The molecular weight excluding hydrogens is 335 g/mol. The Morgan fingerprint density at radius 2 is 1.92 bits per heavy atom. The van der Waals surface area contributed by atoms with Crippen LogP contribution in [0.1, 0.15) is 37.7 Å². The van der Waals surface area contributed by atoms with Gasteiger partial charge in [0.15, 0.2) is 0 Å². The highest BCUT2D eigenvalue weighted by Crippen LogP contribution is 2.27. The van der Waals surface area contributed by atoms with E-state index in [9.17, 15) is 14.3 Å². The first-order valence-corrected chi connectivity index (χ1v) is 9.53. The SMILES string of the molecule is CO[C@@H]1C[C@H](C(=O)NC2CCN(Cc3ccc(F)cc3)CC2)CC[C@@H]1O. The molecule has 2 N–H and O–H groups in total. The molecule has 1 aliphatic carbocycles. The number of halogens is 1. The summed E-state index contributed by atoms with van der Waals surface area (Å²) >= 11 is 0. The van der Waals surface area contributed by atoms with E-state index in [-0.39, 0.29) is 29.8 Å². The van der Waals surface area contributed by atoms with Crippen molar-refractivity contribution in [3.8, 4) is 0 Å². The van der Waals surface area contributed by atoms with Gasteiger partial charge in [0, 0.05) is 38.7 Å². The fourth-order valence-electron chi connectivity index (χ4n) is 4.01. The van der Waals surface area contributed by atoms with Crippen molar-refractivity contribution in [3.63, 3.8) is 0 Å². The highest BCUT2D eigenvalue weighted by Gasteiger charge is 2.34. The lowest BCUT2D eigenvalue weighted by molar-refractivity contribution is -0.131. The Morgan fingerprint density at radius 3 is 2.58 bits per heavy atom. The van der Waals surface area contributed by atoms with E-state index >= 15 is 0 Å². The molecule has 0 radical (unpaired) electrons. The summed E-state index contributed by atoms with van der Waals surface area (Å²) in [6.07, 6.45) is 3.08. The molecule has 2 aliphatic rings. The fourth-order valence-corrected chi connectivity index (χ4v) is 4.01. The normalized spacial score (nSPS) is 28.0. The van der Waals surface area contributed by atoms with Gasteiger partial charge in [-0.2, -0.15) is 0 Å². The van der Waals surface area contributed by atoms with E-state index in [0.29, 0.717) is 12.8 Å². The first-order chi connectivity index (χ1) is 12.5. The summed E-state index contributed by atoms with van der Waals surface area (Å²) in [7, 11) is 1.59. The number of aliphatic hydroxyl groups is 1. The number of ether oxygens (including phenoxy) is 1. The van der Waals surface area contributed by atoms with Gasteiger partial charge >= 0.3 is 0 Å². The van der Waals surface area contributed by atoms with Crippen molar-refractivity contribution in [1.82, 2.24) is 10.2 Å². The van der Waals surface area contributed by atoms with Crippen LogP contribution in [0, 0.1) is 11.7 Å². The molecule has 6 heteroatoms. The number of nitrogens with one attached hydrogen (secondary N) is 1. The smallest absolute Gasteiger partial charge is 0.223 e. The zero-order chi connectivity index (χ0) is 18.5. The minimum Gasteiger partial charge on any atom is -0.390 e. The van der Waals surface area contributed by atoms with Gasteiger partial charge in [-0.15, -0.1) is 0 Å². The molecule has 1 saturated heterocycles. The molecule has 1 aliphatic heterocycles. The van der Waals surface area contributed by atoms with Gasteiger partial charge < -0.3 is 15.2 Å². The van der Waals surface area contributed by atoms with E-state index in [2.05, 4.69) is 10.2 Å².